The van der Waals surface area contributed by atoms with Crippen molar-refractivity contribution in [2.45, 2.75) is 78.6 Å². The molecule has 1 aliphatic heterocycles. The highest BCUT2D eigenvalue weighted by Gasteiger charge is 2.46. The number of aliphatic hydroxyl groups excluding tert-OH is 2. The third-order valence-electron chi connectivity index (χ3n) is 4.79. The third-order valence-corrected chi connectivity index (χ3v) is 4.79. The molecule has 2 rings (SSSR count). The van der Waals surface area contributed by atoms with Gasteiger partial charge in [-0.05, 0) is 44.4 Å². The minimum Gasteiger partial charge on any atom is -0.489 e. The zero-order chi connectivity index (χ0) is 24.4. The SMILES string of the molecule is C[C@@H]1[C@@H](O)[C@H](Oc2ccc(C(=O)NC(C)(C)C)cc2OCC(C)(C)C)O[C@H](C(=O)O)[C@H]1O. The lowest BCUT2D eigenvalue weighted by atomic mass is 9.90. The van der Waals surface area contributed by atoms with Crippen LogP contribution in [0.15, 0.2) is 18.2 Å². The van der Waals surface area contributed by atoms with Crippen molar-refractivity contribution in [2.75, 3.05) is 6.61 Å². The summed E-state index contributed by atoms with van der Waals surface area (Å²) in [6, 6.07) is 4.59. The van der Waals surface area contributed by atoms with Gasteiger partial charge in [0, 0.05) is 17.0 Å². The first-order valence-corrected chi connectivity index (χ1v) is 10.6. The number of ether oxygens (including phenoxy) is 3. The zero-order valence-electron chi connectivity index (χ0n) is 19.7. The Morgan fingerprint density at radius 3 is 2.22 bits per heavy atom. The highest BCUT2D eigenvalue weighted by molar-refractivity contribution is 5.95. The smallest absolute Gasteiger partial charge is 0.335 e. The average molecular weight is 454 g/mol. The maximum atomic E-state index is 12.6. The standard InChI is InChI=1S/C23H35NO8/c1-12-16(25)18(20(28)29)32-21(17(12)26)31-14-9-8-13(19(27)24-23(5,6)7)10-15(14)30-11-22(2,3)4/h8-10,12,16-18,21,25-26H,11H2,1-7H3,(H,24,27)(H,28,29)/t12-,16-,17+,18-,21+/m0/s1. The second-order valence-electron chi connectivity index (χ2n) is 10.4. The lowest BCUT2D eigenvalue weighted by molar-refractivity contribution is -0.255. The third kappa shape index (κ3) is 6.82. The van der Waals surface area contributed by atoms with Crippen LogP contribution >= 0.6 is 0 Å². The van der Waals surface area contributed by atoms with Gasteiger partial charge in [0.15, 0.2) is 17.6 Å². The van der Waals surface area contributed by atoms with Crippen molar-refractivity contribution in [3.05, 3.63) is 23.8 Å². The molecule has 5 atom stereocenters. The van der Waals surface area contributed by atoms with Crippen LogP contribution in [0.5, 0.6) is 11.5 Å². The van der Waals surface area contributed by atoms with Gasteiger partial charge in [-0.25, -0.2) is 4.79 Å². The lowest BCUT2D eigenvalue weighted by Crippen LogP contribution is -2.57. The number of benzene rings is 1. The molecule has 32 heavy (non-hydrogen) atoms. The van der Waals surface area contributed by atoms with Crippen LogP contribution in [0.3, 0.4) is 0 Å². The summed E-state index contributed by atoms with van der Waals surface area (Å²) in [5, 5.41) is 32.8. The number of carboxylic acids is 1. The monoisotopic (exact) mass is 453 g/mol. The number of hydrogen-bond acceptors (Lipinski definition) is 7. The number of hydrogen-bond donors (Lipinski definition) is 4. The van der Waals surface area contributed by atoms with E-state index in [1.807, 2.05) is 41.5 Å². The minimum atomic E-state index is -1.55. The quantitative estimate of drug-likeness (QED) is 0.515. The maximum absolute atomic E-state index is 12.6. The molecule has 0 unspecified atom stereocenters. The number of rotatable bonds is 6. The molecule has 0 aromatic heterocycles. The number of nitrogens with one attached hydrogen (secondary N) is 1. The van der Waals surface area contributed by atoms with E-state index in [9.17, 15) is 24.9 Å². The number of carbonyl (C=O) groups excluding carboxylic acids is 1. The van der Waals surface area contributed by atoms with E-state index in [1.165, 1.54) is 19.1 Å². The van der Waals surface area contributed by atoms with Crippen molar-refractivity contribution in [1.29, 1.82) is 0 Å². The molecule has 0 aliphatic carbocycles. The average Bonchev–Trinajstić information content (AvgIpc) is 2.65. The largest absolute Gasteiger partial charge is 0.489 e. The van der Waals surface area contributed by atoms with Crippen LogP contribution in [0.2, 0.25) is 0 Å². The van der Waals surface area contributed by atoms with Gasteiger partial charge in [0.05, 0.1) is 12.7 Å². The molecular formula is C23H35NO8. The van der Waals surface area contributed by atoms with E-state index in [0.717, 1.165) is 0 Å². The molecule has 1 fully saturated rings. The number of carboxylic acid groups (broad SMARTS) is 1. The molecule has 9 nitrogen and oxygen atoms in total. The van der Waals surface area contributed by atoms with Crippen LogP contribution < -0.4 is 14.8 Å². The molecule has 180 valence electrons. The molecule has 0 radical (unpaired) electrons. The molecule has 1 aromatic rings. The molecular weight excluding hydrogens is 418 g/mol. The Hall–Kier alpha value is -2.36. The van der Waals surface area contributed by atoms with Crippen molar-refractivity contribution in [1.82, 2.24) is 5.32 Å². The van der Waals surface area contributed by atoms with Crippen LogP contribution in [-0.4, -0.2) is 63.9 Å². The van der Waals surface area contributed by atoms with Gasteiger partial charge in [-0.1, -0.05) is 27.7 Å². The molecule has 0 spiro atoms. The first-order valence-electron chi connectivity index (χ1n) is 10.6. The van der Waals surface area contributed by atoms with Crippen LogP contribution in [0.25, 0.3) is 0 Å². The summed E-state index contributed by atoms with van der Waals surface area (Å²) in [6.07, 6.45) is -5.56. The van der Waals surface area contributed by atoms with Gasteiger partial charge in [-0.2, -0.15) is 0 Å². The summed E-state index contributed by atoms with van der Waals surface area (Å²) >= 11 is 0. The van der Waals surface area contributed by atoms with Gasteiger partial charge in [-0.15, -0.1) is 0 Å². The fraction of sp³-hybridized carbons (Fsp3) is 0.652. The lowest BCUT2D eigenvalue weighted by Gasteiger charge is -2.39. The second-order valence-corrected chi connectivity index (χ2v) is 10.4. The minimum absolute atomic E-state index is 0.179. The molecule has 1 amide bonds. The Morgan fingerprint density at radius 1 is 1.06 bits per heavy atom. The van der Waals surface area contributed by atoms with Crippen LogP contribution in [0.4, 0.5) is 0 Å². The Kier molecular flexibility index (Phi) is 7.80. The second kappa shape index (κ2) is 9.64. The molecule has 1 saturated heterocycles. The molecule has 9 heteroatoms. The fourth-order valence-electron chi connectivity index (χ4n) is 3.02. The number of aliphatic hydroxyl groups is 2. The van der Waals surface area contributed by atoms with Gasteiger partial charge in [0.1, 0.15) is 6.10 Å². The van der Waals surface area contributed by atoms with Gasteiger partial charge in [-0.3, -0.25) is 4.79 Å². The normalized spacial score (nSPS) is 26.3. The van der Waals surface area contributed by atoms with E-state index in [-0.39, 0.29) is 22.8 Å². The van der Waals surface area contributed by atoms with Gasteiger partial charge in [0.2, 0.25) is 6.29 Å². The predicted octanol–water partition coefficient (Wildman–Crippen LogP) is 2.19. The summed E-state index contributed by atoms with van der Waals surface area (Å²) in [4.78, 5) is 24.0. The molecule has 1 aromatic carbocycles. The number of aliphatic carboxylic acids is 1. The maximum Gasteiger partial charge on any atom is 0.335 e. The van der Waals surface area contributed by atoms with E-state index in [2.05, 4.69) is 5.32 Å². The van der Waals surface area contributed by atoms with E-state index < -0.39 is 42.0 Å². The van der Waals surface area contributed by atoms with Crippen LogP contribution in [-0.2, 0) is 9.53 Å². The topological polar surface area (TPSA) is 135 Å². The molecule has 0 bridgehead atoms. The van der Waals surface area contributed by atoms with E-state index >= 15 is 0 Å². The molecule has 1 heterocycles. The van der Waals surface area contributed by atoms with Crippen molar-refractivity contribution in [3.63, 3.8) is 0 Å². The first kappa shape index (κ1) is 25.9. The summed E-state index contributed by atoms with van der Waals surface area (Å²) < 4.78 is 17.0. The van der Waals surface area contributed by atoms with Gasteiger partial charge in [0.25, 0.3) is 5.91 Å². The summed E-state index contributed by atoms with van der Waals surface area (Å²) in [6.45, 7) is 13.4. The fourth-order valence-corrected chi connectivity index (χ4v) is 3.02. The Morgan fingerprint density at radius 2 is 1.69 bits per heavy atom. The molecule has 0 saturated carbocycles. The predicted molar refractivity (Wildman–Crippen MR) is 117 cm³/mol. The van der Waals surface area contributed by atoms with Crippen LogP contribution in [0.1, 0.15) is 58.8 Å². The summed E-state index contributed by atoms with van der Waals surface area (Å²) in [7, 11) is 0. The van der Waals surface area contributed by atoms with E-state index in [1.54, 1.807) is 6.07 Å². The zero-order valence-corrected chi connectivity index (χ0v) is 19.7. The van der Waals surface area contributed by atoms with Crippen molar-refractivity contribution >= 4 is 11.9 Å². The molecule has 1 aliphatic rings. The van der Waals surface area contributed by atoms with Crippen molar-refractivity contribution in [2.24, 2.45) is 11.3 Å². The Balaban J connectivity index is 2.34. The summed E-state index contributed by atoms with van der Waals surface area (Å²) in [5.74, 6) is -2.02. The van der Waals surface area contributed by atoms with E-state index in [4.69, 9.17) is 14.2 Å². The first-order chi connectivity index (χ1) is 14.6. The Bertz CT molecular complexity index is 826. The Labute approximate surface area is 188 Å². The van der Waals surface area contributed by atoms with Gasteiger partial charge < -0.3 is 34.8 Å². The van der Waals surface area contributed by atoms with Crippen molar-refractivity contribution in [3.8, 4) is 11.5 Å². The van der Waals surface area contributed by atoms with Gasteiger partial charge >= 0.3 is 5.97 Å². The van der Waals surface area contributed by atoms with Crippen molar-refractivity contribution < 1.29 is 39.1 Å². The van der Waals surface area contributed by atoms with Crippen LogP contribution in [0, 0.1) is 11.3 Å². The summed E-state index contributed by atoms with van der Waals surface area (Å²) in [5.41, 5.74) is -0.260. The number of carbonyl (C=O) groups is 2. The highest BCUT2D eigenvalue weighted by Crippen LogP contribution is 2.34. The highest BCUT2D eigenvalue weighted by atomic mass is 16.7. The van der Waals surface area contributed by atoms with E-state index in [0.29, 0.717) is 12.2 Å². The number of amides is 1. The molecule has 4 N–H and O–H groups in total.